The molecule has 0 aliphatic rings. The van der Waals surface area contributed by atoms with E-state index in [0.29, 0.717) is 19.3 Å². The third-order valence-corrected chi connectivity index (χ3v) is 6.38. The van der Waals surface area contributed by atoms with Gasteiger partial charge >= 0.3 is 25.7 Å². The maximum atomic E-state index is 12.9. The monoisotopic (exact) mass is 476 g/mol. The van der Waals surface area contributed by atoms with Gasteiger partial charge in [0.05, 0.1) is 0 Å². The number of hydrogen-bond donors (Lipinski definition) is 0. The summed E-state index contributed by atoms with van der Waals surface area (Å²) in [4.78, 5) is 36.4. The van der Waals surface area contributed by atoms with Crippen LogP contribution in [0.1, 0.15) is 136 Å². The van der Waals surface area contributed by atoms with E-state index in [0.717, 1.165) is 77.0 Å². The molecule has 0 aromatic rings. The van der Waals surface area contributed by atoms with Crippen LogP contribution in [0.4, 0.5) is 0 Å². The molecule has 0 amide bonds. The van der Waals surface area contributed by atoms with Gasteiger partial charge in [0.25, 0.3) is 0 Å². The Hall–Kier alpha value is -1.36. The van der Waals surface area contributed by atoms with Crippen molar-refractivity contribution in [3.8, 4) is 0 Å². The molecule has 0 aromatic heterocycles. The van der Waals surface area contributed by atoms with Crippen molar-refractivity contribution in [1.29, 1.82) is 0 Å². The predicted octanol–water partition coefficient (Wildman–Crippen LogP) is 7.81. The van der Waals surface area contributed by atoms with Crippen molar-refractivity contribution in [3.05, 3.63) is 0 Å². The van der Waals surface area contributed by atoms with E-state index in [-0.39, 0.29) is 19.3 Å². The largest absolute Gasteiger partial charge is 0.653 e. The molecule has 0 aliphatic heterocycles. The quantitative estimate of drug-likeness (QED) is 0.123. The lowest BCUT2D eigenvalue weighted by Crippen LogP contribution is -2.14. The minimum Gasteiger partial charge on any atom is -0.352 e. The molecule has 0 aromatic carbocycles. The van der Waals surface area contributed by atoms with E-state index in [1.54, 1.807) is 0 Å². The second-order valence-corrected chi connectivity index (χ2v) is 9.77. The molecule has 0 heterocycles. The van der Waals surface area contributed by atoms with E-state index in [2.05, 4.69) is 20.8 Å². The summed E-state index contributed by atoms with van der Waals surface area (Å²) in [6.45, 7) is 6.29. The summed E-state index contributed by atoms with van der Waals surface area (Å²) < 4.78 is 27.6. The summed E-state index contributed by atoms with van der Waals surface area (Å²) in [6, 6.07) is 0. The Balaban J connectivity index is 4.70. The summed E-state index contributed by atoms with van der Waals surface area (Å²) in [7, 11) is -4.62. The molecule has 0 unspecified atom stereocenters. The van der Waals surface area contributed by atoms with Crippen LogP contribution in [-0.2, 0) is 32.5 Å². The molecule has 0 saturated carbocycles. The predicted molar refractivity (Wildman–Crippen MR) is 126 cm³/mol. The molecule has 0 fully saturated rings. The van der Waals surface area contributed by atoms with Crippen LogP contribution in [0.25, 0.3) is 0 Å². The topological polar surface area (TPSA) is 96.0 Å². The van der Waals surface area contributed by atoms with E-state index in [4.69, 9.17) is 13.6 Å². The van der Waals surface area contributed by atoms with Gasteiger partial charge in [-0.05, 0) is 19.3 Å². The summed E-state index contributed by atoms with van der Waals surface area (Å²) in [6.07, 6.45) is 13.9. The van der Waals surface area contributed by atoms with Gasteiger partial charge in [-0.3, -0.25) is 14.4 Å². The van der Waals surface area contributed by atoms with Crippen molar-refractivity contribution >= 4 is 25.7 Å². The number of unbranched alkanes of at least 4 members (excludes halogenated alkanes) is 12. The van der Waals surface area contributed by atoms with Crippen molar-refractivity contribution in [3.63, 3.8) is 0 Å². The molecule has 0 spiro atoms. The first-order valence-corrected chi connectivity index (χ1v) is 14.1. The van der Waals surface area contributed by atoms with E-state index in [1.165, 1.54) is 0 Å². The highest BCUT2D eigenvalue weighted by atomic mass is 31.2. The van der Waals surface area contributed by atoms with Crippen molar-refractivity contribution in [2.75, 3.05) is 0 Å². The molecule has 7 nitrogen and oxygen atoms in total. The van der Waals surface area contributed by atoms with Crippen LogP contribution in [0.3, 0.4) is 0 Å². The Morgan fingerprint density at radius 3 is 0.969 bits per heavy atom. The van der Waals surface area contributed by atoms with Gasteiger partial charge < -0.3 is 13.6 Å². The molecular weight excluding hydrogens is 431 g/mol. The summed E-state index contributed by atoms with van der Waals surface area (Å²) in [5, 5.41) is 0. The second-order valence-electron chi connectivity index (χ2n) is 8.33. The third-order valence-electron chi connectivity index (χ3n) is 5.09. The molecule has 0 bridgehead atoms. The van der Waals surface area contributed by atoms with Crippen LogP contribution >= 0.6 is 7.82 Å². The van der Waals surface area contributed by atoms with Gasteiger partial charge in [0.1, 0.15) is 0 Å². The number of phosphoric acid groups is 1. The fourth-order valence-corrected chi connectivity index (χ4v) is 4.32. The number of phosphoric ester groups is 1. The first kappa shape index (κ1) is 30.6. The highest BCUT2D eigenvalue weighted by Crippen LogP contribution is 2.51. The number of rotatable bonds is 21. The Kier molecular flexibility index (Phi) is 19.4. The van der Waals surface area contributed by atoms with Crippen LogP contribution in [0, 0.1) is 0 Å². The van der Waals surface area contributed by atoms with Gasteiger partial charge in [-0.25, -0.2) is 0 Å². The molecule has 188 valence electrons. The van der Waals surface area contributed by atoms with Gasteiger partial charge in [0, 0.05) is 19.3 Å². The highest BCUT2D eigenvalue weighted by Gasteiger charge is 2.38. The standard InChI is InChI=1S/C24H45O7P/c1-4-7-10-13-16-19-22(25)29-32(28,30-23(26)20-17-14-11-8-5-2)31-24(27)21-18-15-12-9-6-3/h4-21H2,1-3H3. The van der Waals surface area contributed by atoms with Crippen molar-refractivity contribution in [2.24, 2.45) is 0 Å². The first-order chi connectivity index (χ1) is 15.4. The van der Waals surface area contributed by atoms with Crippen LogP contribution in [0.5, 0.6) is 0 Å². The van der Waals surface area contributed by atoms with Crippen LogP contribution in [0.2, 0.25) is 0 Å². The van der Waals surface area contributed by atoms with Gasteiger partial charge in [0.15, 0.2) is 0 Å². The van der Waals surface area contributed by atoms with E-state index < -0.39 is 25.7 Å². The summed E-state index contributed by atoms with van der Waals surface area (Å²) in [5.41, 5.74) is 0. The summed E-state index contributed by atoms with van der Waals surface area (Å²) >= 11 is 0. The minimum absolute atomic E-state index is 0.0385. The van der Waals surface area contributed by atoms with Crippen LogP contribution in [-0.4, -0.2) is 17.9 Å². The Bertz CT molecular complexity index is 486. The van der Waals surface area contributed by atoms with E-state index in [9.17, 15) is 18.9 Å². The first-order valence-electron chi connectivity index (χ1n) is 12.6. The van der Waals surface area contributed by atoms with Gasteiger partial charge in [-0.2, -0.15) is 4.57 Å². The molecule has 0 radical (unpaired) electrons. The molecule has 0 rings (SSSR count). The molecule has 0 atom stereocenters. The second kappa shape index (κ2) is 20.3. The zero-order valence-electron chi connectivity index (χ0n) is 20.5. The zero-order chi connectivity index (χ0) is 24.1. The zero-order valence-corrected chi connectivity index (χ0v) is 21.4. The highest BCUT2D eigenvalue weighted by molar-refractivity contribution is 7.50. The maximum Gasteiger partial charge on any atom is 0.653 e. The molecule has 8 heteroatoms. The lowest BCUT2D eigenvalue weighted by atomic mass is 10.1. The molecular formula is C24H45O7P. The van der Waals surface area contributed by atoms with Crippen LogP contribution in [0.15, 0.2) is 0 Å². The average Bonchev–Trinajstić information content (AvgIpc) is 2.72. The molecule has 0 N–H and O–H groups in total. The average molecular weight is 477 g/mol. The summed E-state index contributed by atoms with van der Waals surface area (Å²) in [5.74, 6) is -2.34. The normalized spacial score (nSPS) is 11.2. The SMILES string of the molecule is CCCCCCCC(=O)OP(=O)(OC(=O)CCCCCCC)OC(=O)CCCCCCC. The van der Waals surface area contributed by atoms with Gasteiger partial charge in [-0.1, -0.05) is 97.8 Å². The van der Waals surface area contributed by atoms with Crippen molar-refractivity contribution < 1.29 is 32.5 Å². The van der Waals surface area contributed by atoms with Crippen LogP contribution < -0.4 is 0 Å². The Morgan fingerprint density at radius 2 is 0.719 bits per heavy atom. The van der Waals surface area contributed by atoms with E-state index in [1.807, 2.05) is 0 Å². The Labute approximate surface area is 195 Å². The molecule has 32 heavy (non-hydrogen) atoms. The molecule has 0 aliphatic carbocycles. The third kappa shape index (κ3) is 18.2. The smallest absolute Gasteiger partial charge is 0.352 e. The fourth-order valence-electron chi connectivity index (χ4n) is 3.19. The lowest BCUT2D eigenvalue weighted by molar-refractivity contribution is -0.144. The van der Waals surface area contributed by atoms with Crippen molar-refractivity contribution in [2.45, 2.75) is 136 Å². The lowest BCUT2D eigenvalue weighted by Gasteiger charge is -2.16. The van der Waals surface area contributed by atoms with Gasteiger partial charge in [-0.15, -0.1) is 0 Å². The van der Waals surface area contributed by atoms with Gasteiger partial charge in [0.2, 0.25) is 0 Å². The number of carbonyl (C=O) groups is 3. The fraction of sp³-hybridized carbons (Fsp3) is 0.875. The minimum atomic E-state index is -4.62. The number of carbonyl (C=O) groups excluding carboxylic acids is 3. The number of hydrogen-bond acceptors (Lipinski definition) is 7. The van der Waals surface area contributed by atoms with Crippen molar-refractivity contribution in [1.82, 2.24) is 0 Å². The Morgan fingerprint density at radius 1 is 0.469 bits per heavy atom. The maximum absolute atomic E-state index is 12.9. The van der Waals surface area contributed by atoms with E-state index >= 15 is 0 Å². The molecule has 0 saturated heterocycles.